The molecule has 0 spiro atoms. The maximum Gasteiger partial charge on any atom is 0.306 e. The molecule has 0 rings (SSSR count). The van der Waals surface area contributed by atoms with Gasteiger partial charge in [-0.25, -0.2) is 0 Å². The predicted molar refractivity (Wildman–Crippen MR) is 201 cm³/mol. The third-order valence-corrected chi connectivity index (χ3v) is 8.69. The summed E-state index contributed by atoms with van der Waals surface area (Å²) in [5.74, 6) is -0.600. The molecule has 0 aromatic rings. The third kappa shape index (κ3) is 36.8. The van der Waals surface area contributed by atoms with Crippen molar-refractivity contribution in [1.82, 2.24) is 0 Å². The number of esters is 2. The SMILES string of the molecule is CCCCCCC/C=C\C/C=C\C/C=C\CCCCCCCCCCCCCCC(=O)OC(CO)COC(=O)CCCCCCCC. The Bertz CT molecular complexity index is 756. The van der Waals surface area contributed by atoms with Crippen molar-refractivity contribution < 1.29 is 24.2 Å². The molecule has 0 aromatic heterocycles. The van der Waals surface area contributed by atoms with E-state index in [9.17, 15) is 14.7 Å². The van der Waals surface area contributed by atoms with Gasteiger partial charge >= 0.3 is 11.9 Å². The Balaban J connectivity index is 3.46. The zero-order valence-corrected chi connectivity index (χ0v) is 31.0. The number of rotatable bonds is 36. The van der Waals surface area contributed by atoms with E-state index in [4.69, 9.17) is 9.47 Å². The van der Waals surface area contributed by atoms with Crippen molar-refractivity contribution in [1.29, 1.82) is 0 Å². The van der Waals surface area contributed by atoms with Crippen LogP contribution >= 0.6 is 0 Å². The molecule has 0 aromatic carbocycles. The maximum atomic E-state index is 12.1. The molecular weight excluding hydrogens is 584 g/mol. The van der Waals surface area contributed by atoms with Crippen molar-refractivity contribution in [2.24, 2.45) is 0 Å². The molecule has 1 N–H and O–H groups in total. The number of carbonyl (C=O) groups excluding carboxylic acids is 2. The standard InChI is InChI=1S/C42H76O5/c1-3-5-7-9-11-12-13-14-15-16-17-18-19-20-21-22-23-24-25-26-27-28-29-30-31-33-35-37-42(45)47-40(38-43)39-46-41(44)36-34-32-10-8-6-4-2/h13-14,16-17,19-20,40,43H,3-12,15,18,21-39H2,1-2H3/b14-13-,17-16-,20-19-. The second kappa shape index (κ2) is 38.6. The molecule has 0 saturated carbocycles. The summed E-state index contributed by atoms with van der Waals surface area (Å²) < 4.78 is 10.5. The van der Waals surface area contributed by atoms with E-state index in [0.717, 1.165) is 51.4 Å². The monoisotopic (exact) mass is 661 g/mol. The van der Waals surface area contributed by atoms with Gasteiger partial charge in [0.05, 0.1) is 6.61 Å². The second-order valence-corrected chi connectivity index (χ2v) is 13.4. The molecule has 5 heteroatoms. The van der Waals surface area contributed by atoms with Crippen molar-refractivity contribution in [3.63, 3.8) is 0 Å². The number of unbranched alkanes of at least 4 members (excludes halogenated alkanes) is 22. The summed E-state index contributed by atoms with van der Waals surface area (Å²) in [4.78, 5) is 24.0. The Morgan fingerprint density at radius 3 is 1.28 bits per heavy atom. The fourth-order valence-corrected chi connectivity index (χ4v) is 5.62. The zero-order valence-electron chi connectivity index (χ0n) is 31.0. The molecule has 0 fully saturated rings. The smallest absolute Gasteiger partial charge is 0.306 e. The van der Waals surface area contributed by atoms with E-state index in [1.807, 2.05) is 0 Å². The Labute approximate surface area is 291 Å². The summed E-state index contributed by atoms with van der Waals surface area (Å²) in [7, 11) is 0. The average molecular weight is 661 g/mol. The van der Waals surface area contributed by atoms with Crippen LogP contribution in [0.15, 0.2) is 36.5 Å². The highest BCUT2D eigenvalue weighted by atomic mass is 16.6. The number of aliphatic hydroxyl groups is 1. The lowest BCUT2D eigenvalue weighted by Crippen LogP contribution is -2.28. The van der Waals surface area contributed by atoms with Crippen LogP contribution < -0.4 is 0 Å². The molecule has 0 radical (unpaired) electrons. The van der Waals surface area contributed by atoms with Gasteiger partial charge < -0.3 is 14.6 Å². The fraction of sp³-hybridized carbons (Fsp3) is 0.810. The van der Waals surface area contributed by atoms with Crippen LogP contribution in [0.25, 0.3) is 0 Å². The van der Waals surface area contributed by atoms with Crippen LogP contribution in [0.5, 0.6) is 0 Å². The lowest BCUT2D eigenvalue weighted by Gasteiger charge is -2.15. The van der Waals surface area contributed by atoms with Crippen LogP contribution in [-0.4, -0.2) is 36.4 Å². The van der Waals surface area contributed by atoms with Gasteiger partial charge in [0.25, 0.3) is 0 Å². The van der Waals surface area contributed by atoms with Crippen LogP contribution in [0, 0.1) is 0 Å². The van der Waals surface area contributed by atoms with E-state index in [1.54, 1.807) is 0 Å². The van der Waals surface area contributed by atoms with E-state index in [1.165, 1.54) is 122 Å². The molecule has 0 aliphatic rings. The number of aliphatic hydroxyl groups excluding tert-OH is 1. The minimum atomic E-state index is -0.766. The first kappa shape index (κ1) is 45.1. The van der Waals surface area contributed by atoms with E-state index in [-0.39, 0.29) is 25.2 Å². The van der Waals surface area contributed by atoms with Gasteiger partial charge in [-0.2, -0.15) is 0 Å². The predicted octanol–water partition coefficient (Wildman–Crippen LogP) is 12.5. The first-order valence-corrected chi connectivity index (χ1v) is 20.0. The van der Waals surface area contributed by atoms with Gasteiger partial charge in [-0.15, -0.1) is 0 Å². The Morgan fingerprint density at radius 1 is 0.489 bits per heavy atom. The lowest BCUT2D eigenvalue weighted by atomic mass is 10.0. The molecule has 1 atom stereocenters. The molecule has 0 aliphatic carbocycles. The molecule has 0 aliphatic heterocycles. The molecular formula is C42H76O5. The van der Waals surface area contributed by atoms with E-state index >= 15 is 0 Å². The van der Waals surface area contributed by atoms with Crippen LogP contribution in [0.4, 0.5) is 0 Å². The highest BCUT2D eigenvalue weighted by molar-refractivity contribution is 5.70. The van der Waals surface area contributed by atoms with E-state index in [0.29, 0.717) is 12.8 Å². The Morgan fingerprint density at radius 2 is 0.851 bits per heavy atom. The first-order chi connectivity index (χ1) is 23.1. The second-order valence-electron chi connectivity index (χ2n) is 13.4. The van der Waals surface area contributed by atoms with Gasteiger partial charge in [-0.3, -0.25) is 9.59 Å². The molecule has 0 saturated heterocycles. The first-order valence-electron chi connectivity index (χ1n) is 20.0. The largest absolute Gasteiger partial charge is 0.462 e. The summed E-state index contributed by atoms with van der Waals surface area (Å²) in [6.07, 6.45) is 46.7. The van der Waals surface area contributed by atoms with E-state index < -0.39 is 6.10 Å². The normalized spacial score (nSPS) is 12.5. The zero-order chi connectivity index (χ0) is 34.3. The fourth-order valence-electron chi connectivity index (χ4n) is 5.62. The van der Waals surface area contributed by atoms with Gasteiger partial charge in [-0.05, 0) is 51.4 Å². The van der Waals surface area contributed by atoms with Crippen LogP contribution in [0.3, 0.4) is 0 Å². The van der Waals surface area contributed by atoms with Gasteiger partial charge in [-0.1, -0.05) is 172 Å². The van der Waals surface area contributed by atoms with Gasteiger partial charge in [0.2, 0.25) is 0 Å². The molecule has 0 amide bonds. The number of ether oxygens (including phenoxy) is 2. The number of hydrogen-bond donors (Lipinski definition) is 1. The summed E-state index contributed by atoms with van der Waals surface area (Å²) in [6, 6.07) is 0. The lowest BCUT2D eigenvalue weighted by molar-refractivity contribution is -0.161. The Kier molecular flexibility index (Phi) is 37.0. The number of carbonyl (C=O) groups is 2. The summed E-state index contributed by atoms with van der Waals surface area (Å²) in [6.45, 7) is 4.06. The summed E-state index contributed by atoms with van der Waals surface area (Å²) in [5, 5.41) is 9.48. The van der Waals surface area contributed by atoms with Crippen molar-refractivity contribution in [3.05, 3.63) is 36.5 Å². The summed E-state index contributed by atoms with van der Waals surface area (Å²) >= 11 is 0. The van der Waals surface area contributed by atoms with Crippen molar-refractivity contribution in [2.75, 3.05) is 13.2 Å². The third-order valence-electron chi connectivity index (χ3n) is 8.69. The van der Waals surface area contributed by atoms with Crippen molar-refractivity contribution in [3.8, 4) is 0 Å². The van der Waals surface area contributed by atoms with Crippen molar-refractivity contribution >= 4 is 11.9 Å². The van der Waals surface area contributed by atoms with Gasteiger partial charge in [0.1, 0.15) is 6.61 Å². The molecule has 1 unspecified atom stereocenters. The Hall–Kier alpha value is -1.88. The molecule has 5 nitrogen and oxygen atoms in total. The van der Waals surface area contributed by atoms with Crippen LogP contribution in [0.2, 0.25) is 0 Å². The van der Waals surface area contributed by atoms with E-state index in [2.05, 4.69) is 50.3 Å². The van der Waals surface area contributed by atoms with Gasteiger partial charge in [0.15, 0.2) is 6.10 Å². The number of hydrogen-bond acceptors (Lipinski definition) is 5. The average Bonchev–Trinajstić information content (AvgIpc) is 3.07. The minimum absolute atomic E-state index is 0.0652. The topological polar surface area (TPSA) is 72.8 Å². The van der Waals surface area contributed by atoms with Crippen LogP contribution in [-0.2, 0) is 19.1 Å². The molecule has 0 heterocycles. The molecule has 47 heavy (non-hydrogen) atoms. The quantitative estimate of drug-likeness (QED) is 0.0411. The molecule has 274 valence electrons. The minimum Gasteiger partial charge on any atom is -0.462 e. The van der Waals surface area contributed by atoms with Crippen molar-refractivity contribution in [2.45, 2.75) is 206 Å². The maximum absolute atomic E-state index is 12.1. The molecule has 0 bridgehead atoms. The highest BCUT2D eigenvalue weighted by Crippen LogP contribution is 2.14. The summed E-state index contributed by atoms with van der Waals surface area (Å²) in [5.41, 5.74) is 0. The number of allylic oxidation sites excluding steroid dienone is 6. The van der Waals surface area contributed by atoms with Crippen LogP contribution in [0.1, 0.15) is 200 Å². The van der Waals surface area contributed by atoms with Gasteiger partial charge in [0, 0.05) is 12.8 Å². The highest BCUT2D eigenvalue weighted by Gasteiger charge is 2.16.